The zero-order valence-corrected chi connectivity index (χ0v) is 15.6. The van der Waals surface area contributed by atoms with Gasteiger partial charge in [0.05, 0.1) is 12.8 Å². The predicted molar refractivity (Wildman–Crippen MR) is 103 cm³/mol. The van der Waals surface area contributed by atoms with Crippen LogP contribution in [0, 0.1) is 0 Å². The van der Waals surface area contributed by atoms with Gasteiger partial charge in [-0.2, -0.15) is 0 Å². The minimum absolute atomic E-state index is 0.760. The van der Waals surface area contributed by atoms with Gasteiger partial charge in [-0.1, -0.05) is 37.6 Å². The molecule has 25 heavy (non-hydrogen) atoms. The zero-order valence-electron chi connectivity index (χ0n) is 15.6. The van der Waals surface area contributed by atoms with Crippen molar-refractivity contribution in [1.29, 1.82) is 0 Å². The van der Waals surface area contributed by atoms with E-state index in [1.165, 1.54) is 17.5 Å². The first kappa shape index (κ1) is 19.1. The summed E-state index contributed by atoms with van der Waals surface area (Å²) in [6.45, 7) is 5.57. The Bertz CT molecular complexity index is 637. The number of benzene rings is 1. The summed E-state index contributed by atoms with van der Waals surface area (Å²) in [6, 6.07) is 12.5. The second-order valence-electron chi connectivity index (χ2n) is 6.23. The molecule has 1 aromatic carbocycles. The fourth-order valence-corrected chi connectivity index (χ4v) is 2.68. The second-order valence-corrected chi connectivity index (χ2v) is 6.23. The number of furan rings is 1. The molecule has 1 heterocycles. The van der Waals surface area contributed by atoms with Crippen LogP contribution >= 0.6 is 0 Å². The lowest BCUT2D eigenvalue weighted by atomic mass is 10.1. The molecular formula is C20H30N4O. The van der Waals surface area contributed by atoms with Crippen LogP contribution in [0.2, 0.25) is 0 Å². The molecule has 0 saturated carbocycles. The summed E-state index contributed by atoms with van der Waals surface area (Å²) in [6.07, 6.45) is 4.04. The Balaban J connectivity index is 1.90. The summed E-state index contributed by atoms with van der Waals surface area (Å²) in [7, 11) is 3.92. The van der Waals surface area contributed by atoms with Gasteiger partial charge in [0.1, 0.15) is 5.76 Å². The van der Waals surface area contributed by atoms with E-state index in [2.05, 4.69) is 58.8 Å². The maximum absolute atomic E-state index is 5.43. The third-order valence-electron chi connectivity index (χ3n) is 4.06. The van der Waals surface area contributed by atoms with E-state index in [1.807, 2.05) is 19.2 Å². The number of nitrogens with one attached hydrogen (secondary N) is 2. The number of hydrogen-bond donors (Lipinski definition) is 2. The highest BCUT2D eigenvalue weighted by Gasteiger charge is 2.08. The van der Waals surface area contributed by atoms with Gasteiger partial charge in [0.25, 0.3) is 0 Å². The van der Waals surface area contributed by atoms with E-state index in [-0.39, 0.29) is 0 Å². The number of aliphatic imine (C=N–C) groups is 1. The summed E-state index contributed by atoms with van der Waals surface area (Å²) >= 11 is 0. The smallest absolute Gasteiger partial charge is 0.191 e. The molecule has 1 aromatic heterocycles. The van der Waals surface area contributed by atoms with Crippen LogP contribution in [0.15, 0.2) is 52.1 Å². The average Bonchev–Trinajstić information content (AvgIpc) is 3.12. The fourth-order valence-electron chi connectivity index (χ4n) is 2.68. The van der Waals surface area contributed by atoms with E-state index in [0.29, 0.717) is 0 Å². The first-order valence-corrected chi connectivity index (χ1v) is 8.95. The standard InChI is InChI=1S/C20H30N4O/c1-4-5-12-22-20(21-2)23-14-17-9-6-7-10-18(17)15-24(3)16-19-11-8-13-25-19/h6-11,13H,4-5,12,14-16H2,1-3H3,(H2,21,22,23). The van der Waals surface area contributed by atoms with Gasteiger partial charge in [0, 0.05) is 26.7 Å². The molecular weight excluding hydrogens is 312 g/mol. The van der Waals surface area contributed by atoms with E-state index < -0.39 is 0 Å². The second kappa shape index (κ2) is 10.6. The molecule has 0 saturated heterocycles. The molecule has 2 rings (SSSR count). The van der Waals surface area contributed by atoms with Crippen LogP contribution in [0.3, 0.4) is 0 Å². The zero-order chi connectivity index (χ0) is 17.9. The topological polar surface area (TPSA) is 52.8 Å². The van der Waals surface area contributed by atoms with Crippen molar-refractivity contribution in [3.63, 3.8) is 0 Å². The summed E-state index contributed by atoms with van der Waals surface area (Å²) < 4.78 is 5.43. The predicted octanol–water partition coefficient (Wildman–Crippen LogP) is 3.38. The Morgan fingerprint density at radius 3 is 2.56 bits per heavy atom. The molecule has 2 aromatic rings. The molecule has 0 fully saturated rings. The number of rotatable bonds is 9. The summed E-state index contributed by atoms with van der Waals surface area (Å²) in [5, 5.41) is 6.75. The fraction of sp³-hybridized carbons (Fsp3) is 0.450. The van der Waals surface area contributed by atoms with E-state index in [9.17, 15) is 0 Å². The van der Waals surface area contributed by atoms with E-state index in [1.54, 1.807) is 6.26 Å². The number of unbranched alkanes of at least 4 members (excludes halogenated alkanes) is 1. The maximum atomic E-state index is 5.43. The van der Waals surface area contributed by atoms with Crippen molar-refractivity contribution in [2.75, 3.05) is 20.6 Å². The van der Waals surface area contributed by atoms with Gasteiger partial charge in [0.15, 0.2) is 5.96 Å². The van der Waals surface area contributed by atoms with Crippen LogP contribution in [-0.4, -0.2) is 31.5 Å². The minimum atomic E-state index is 0.760. The van der Waals surface area contributed by atoms with Gasteiger partial charge in [-0.25, -0.2) is 0 Å². The summed E-state index contributed by atoms with van der Waals surface area (Å²) in [5.74, 6) is 1.84. The molecule has 0 spiro atoms. The van der Waals surface area contributed by atoms with Crippen LogP contribution in [0.25, 0.3) is 0 Å². The van der Waals surface area contributed by atoms with Crippen molar-refractivity contribution in [3.8, 4) is 0 Å². The van der Waals surface area contributed by atoms with Crippen LogP contribution in [0.4, 0.5) is 0 Å². The van der Waals surface area contributed by atoms with Gasteiger partial charge in [0.2, 0.25) is 0 Å². The molecule has 2 N–H and O–H groups in total. The molecule has 0 bridgehead atoms. The quantitative estimate of drug-likeness (QED) is 0.417. The normalized spacial score (nSPS) is 11.8. The van der Waals surface area contributed by atoms with E-state index in [4.69, 9.17) is 4.42 Å². The maximum Gasteiger partial charge on any atom is 0.191 e. The monoisotopic (exact) mass is 342 g/mol. The molecule has 136 valence electrons. The molecule has 0 unspecified atom stereocenters. The van der Waals surface area contributed by atoms with Crippen LogP contribution in [-0.2, 0) is 19.6 Å². The van der Waals surface area contributed by atoms with E-state index in [0.717, 1.165) is 44.3 Å². The van der Waals surface area contributed by atoms with Gasteiger partial charge in [-0.05, 0) is 36.7 Å². The highest BCUT2D eigenvalue weighted by molar-refractivity contribution is 5.79. The average molecular weight is 342 g/mol. The van der Waals surface area contributed by atoms with E-state index >= 15 is 0 Å². The number of guanidine groups is 1. The van der Waals surface area contributed by atoms with Crippen LogP contribution in [0.1, 0.15) is 36.7 Å². The molecule has 5 nitrogen and oxygen atoms in total. The van der Waals surface area contributed by atoms with Crippen molar-refractivity contribution < 1.29 is 4.42 Å². The Kier molecular flexibility index (Phi) is 8.05. The van der Waals surface area contributed by atoms with Crippen molar-refractivity contribution in [3.05, 3.63) is 59.5 Å². The Hall–Kier alpha value is -2.27. The Labute approximate surface area is 151 Å². The van der Waals surface area contributed by atoms with Crippen molar-refractivity contribution in [2.45, 2.75) is 39.4 Å². The van der Waals surface area contributed by atoms with Crippen LogP contribution in [0.5, 0.6) is 0 Å². The third kappa shape index (κ3) is 6.63. The molecule has 0 aliphatic heterocycles. The lowest BCUT2D eigenvalue weighted by molar-refractivity contribution is 0.287. The first-order valence-electron chi connectivity index (χ1n) is 8.95. The van der Waals surface area contributed by atoms with Gasteiger partial charge >= 0.3 is 0 Å². The van der Waals surface area contributed by atoms with Crippen LogP contribution < -0.4 is 10.6 Å². The molecule has 0 amide bonds. The number of hydrogen-bond acceptors (Lipinski definition) is 3. The minimum Gasteiger partial charge on any atom is -0.468 e. The largest absolute Gasteiger partial charge is 0.468 e. The summed E-state index contributed by atoms with van der Waals surface area (Å²) in [5.41, 5.74) is 2.60. The van der Waals surface area contributed by atoms with Crippen molar-refractivity contribution in [2.24, 2.45) is 4.99 Å². The summed E-state index contributed by atoms with van der Waals surface area (Å²) in [4.78, 5) is 6.54. The van der Waals surface area contributed by atoms with Gasteiger partial charge < -0.3 is 15.1 Å². The SMILES string of the molecule is CCCCNC(=NC)NCc1ccccc1CN(C)Cc1ccco1. The molecule has 5 heteroatoms. The lowest BCUT2D eigenvalue weighted by Crippen LogP contribution is -2.37. The molecule has 0 aliphatic carbocycles. The molecule has 0 radical (unpaired) electrons. The molecule has 0 atom stereocenters. The highest BCUT2D eigenvalue weighted by atomic mass is 16.3. The third-order valence-corrected chi connectivity index (χ3v) is 4.06. The number of nitrogens with zero attached hydrogens (tertiary/aromatic N) is 2. The van der Waals surface area contributed by atoms with Crippen molar-refractivity contribution in [1.82, 2.24) is 15.5 Å². The Morgan fingerprint density at radius 2 is 1.88 bits per heavy atom. The van der Waals surface area contributed by atoms with Gasteiger partial charge in [-0.3, -0.25) is 9.89 Å². The molecule has 0 aliphatic rings. The Morgan fingerprint density at radius 1 is 1.08 bits per heavy atom. The lowest BCUT2D eigenvalue weighted by Gasteiger charge is -2.19. The highest BCUT2D eigenvalue weighted by Crippen LogP contribution is 2.13. The first-order chi connectivity index (χ1) is 12.2. The van der Waals surface area contributed by atoms with Gasteiger partial charge in [-0.15, -0.1) is 0 Å². The van der Waals surface area contributed by atoms with Crippen molar-refractivity contribution >= 4 is 5.96 Å².